The zero-order chi connectivity index (χ0) is 32.4. The first-order chi connectivity index (χ1) is 18.6. The van der Waals surface area contributed by atoms with E-state index >= 15 is 0 Å². The van der Waals surface area contributed by atoms with Crippen molar-refractivity contribution in [2.75, 3.05) is 98.2 Å². The van der Waals surface area contributed by atoms with E-state index in [1.807, 2.05) is 0 Å². The summed E-state index contributed by atoms with van der Waals surface area (Å²) in [5.41, 5.74) is 0. The number of rotatable bonds is 18. The molecule has 0 saturated carbocycles. The fourth-order valence-corrected chi connectivity index (χ4v) is 4.74. The molecule has 0 atom stereocenters. The largest absolute Gasteiger partial charge is 0.549 e. The molecule has 0 aliphatic rings. The summed E-state index contributed by atoms with van der Waals surface area (Å²) < 4.78 is 3.83. The van der Waals surface area contributed by atoms with Crippen LogP contribution >= 0.6 is 0 Å². The van der Waals surface area contributed by atoms with Crippen LogP contribution in [-0.4, -0.2) is 134 Å². The first kappa shape index (κ1) is 45.2. The first-order valence-corrected chi connectivity index (χ1v) is 15.5. The average Bonchev–Trinajstić information content (AvgIpc) is 2.94. The van der Waals surface area contributed by atoms with Crippen molar-refractivity contribution >= 4 is 17.9 Å². The molecule has 0 spiro atoms. The second-order valence-corrected chi connectivity index (χ2v) is 10.1. The topological polar surface area (TPSA) is 124 Å². The molecule has 0 aromatic heterocycles. The summed E-state index contributed by atoms with van der Waals surface area (Å²) >= 11 is 0. The van der Waals surface area contributed by atoms with E-state index in [2.05, 4.69) is 83.1 Å². The monoisotopic (exact) mass is 578 g/mol. The van der Waals surface area contributed by atoms with Crippen LogP contribution in [0.4, 0.5) is 0 Å². The third-order valence-electron chi connectivity index (χ3n) is 9.11. The highest BCUT2D eigenvalue weighted by Crippen LogP contribution is 2.04. The highest BCUT2D eigenvalue weighted by molar-refractivity contribution is 5.73. The van der Waals surface area contributed by atoms with E-state index in [1.165, 1.54) is 92.0 Å². The van der Waals surface area contributed by atoms with Crippen LogP contribution in [0, 0.1) is 0 Å². The van der Waals surface area contributed by atoms with Gasteiger partial charge in [-0.25, -0.2) is 0 Å². The molecule has 10 nitrogen and oxygen atoms in total. The Balaban J connectivity index is -0.000000219. The van der Waals surface area contributed by atoms with Gasteiger partial charge in [0.05, 0.1) is 96.4 Å². The number of quaternary nitrogens is 3. The lowest BCUT2D eigenvalue weighted by molar-refractivity contribution is -0.921. The molecular weight excluding hydrogens is 512 g/mol. The van der Waals surface area contributed by atoms with Crippen molar-refractivity contribution in [2.45, 2.75) is 83.1 Å². The van der Waals surface area contributed by atoms with Gasteiger partial charge >= 0.3 is 0 Å². The minimum Gasteiger partial charge on any atom is -0.549 e. The SMILES string of the molecule is CC[N+](CC)(CC)CC.CC[N+](CC)(CC)CC.CC[N+](CC)(CC)CC.O=C([O-])CN(CC(=O)[O-])CC(=O)[O-]. The predicted molar refractivity (Wildman–Crippen MR) is 159 cm³/mol. The van der Waals surface area contributed by atoms with Gasteiger partial charge in [-0.1, -0.05) is 0 Å². The number of carbonyl (C=O) groups is 3. The van der Waals surface area contributed by atoms with E-state index < -0.39 is 37.5 Å². The normalized spacial score (nSPS) is 11.3. The summed E-state index contributed by atoms with van der Waals surface area (Å²) in [5, 5.41) is 30.0. The van der Waals surface area contributed by atoms with Gasteiger partial charge in [0.2, 0.25) is 0 Å². The van der Waals surface area contributed by atoms with E-state index in [0.717, 1.165) is 0 Å². The molecule has 0 aromatic carbocycles. The summed E-state index contributed by atoms with van der Waals surface area (Å²) in [6.45, 7) is 40.3. The van der Waals surface area contributed by atoms with Crippen LogP contribution in [0.15, 0.2) is 0 Å². The van der Waals surface area contributed by atoms with E-state index in [0.29, 0.717) is 4.90 Å². The molecule has 0 fully saturated rings. The van der Waals surface area contributed by atoms with Crippen molar-refractivity contribution < 1.29 is 43.2 Å². The molecule has 10 heteroatoms. The van der Waals surface area contributed by atoms with Gasteiger partial charge in [-0.2, -0.15) is 0 Å². The van der Waals surface area contributed by atoms with Crippen LogP contribution in [0.5, 0.6) is 0 Å². The van der Waals surface area contributed by atoms with Crippen molar-refractivity contribution in [1.82, 2.24) is 4.90 Å². The highest BCUT2D eigenvalue weighted by atomic mass is 16.4. The molecular formula is C30H66N4O6. The van der Waals surface area contributed by atoms with E-state index in [1.54, 1.807) is 0 Å². The Labute approximate surface area is 247 Å². The zero-order valence-electron chi connectivity index (χ0n) is 28.3. The van der Waals surface area contributed by atoms with Crippen LogP contribution in [0.2, 0.25) is 0 Å². The Morgan fingerprint density at radius 2 is 0.500 bits per heavy atom. The van der Waals surface area contributed by atoms with Gasteiger partial charge in [0.1, 0.15) is 0 Å². The third kappa shape index (κ3) is 21.1. The average molecular weight is 579 g/mol. The standard InChI is InChI=1S/3C8H20N.C6H9NO6/c3*1-5-9(6-2,7-3)8-4;8-4(9)1-7(2-5(10)11)3-6(12)13/h3*5-8H2,1-4H3;1-3H2,(H,8,9)(H,10,11)(H,12,13)/q3*+1;/p-3. The summed E-state index contributed by atoms with van der Waals surface area (Å²) in [4.78, 5) is 30.6. The summed E-state index contributed by atoms with van der Waals surface area (Å²) in [5.74, 6) is -4.70. The lowest BCUT2D eigenvalue weighted by Gasteiger charge is -2.34. The molecule has 0 rings (SSSR count). The number of hydrogen-bond acceptors (Lipinski definition) is 7. The Kier molecular flexibility index (Phi) is 29.6. The maximum atomic E-state index is 9.99. The van der Waals surface area contributed by atoms with Crippen LogP contribution in [0.3, 0.4) is 0 Å². The van der Waals surface area contributed by atoms with Gasteiger partial charge in [0.25, 0.3) is 0 Å². The van der Waals surface area contributed by atoms with Crippen molar-refractivity contribution in [3.8, 4) is 0 Å². The van der Waals surface area contributed by atoms with Crippen LogP contribution < -0.4 is 15.3 Å². The molecule has 0 aliphatic carbocycles. The number of carboxylic acid groups (broad SMARTS) is 3. The molecule has 40 heavy (non-hydrogen) atoms. The number of aliphatic carboxylic acids is 3. The number of carbonyl (C=O) groups excluding carboxylic acids is 3. The van der Waals surface area contributed by atoms with Gasteiger partial charge in [0.15, 0.2) is 0 Å². The van der Waals surface area contributed by atoms with E-state index in [-0.39, 0.29) is 0 Å². The molecule has 0 amide bonds. The molecule has 0 unspecified atom stereocenters. The number of carboxylic acids is 3. The summed E-state index contributed by atoms with van der Waals surface area (Å²) in [7, 11) is 0. The number of nitrogens with zero attached hydrogens (tertiary/aromatic N) is 4. The van der Waals surface area contributed by atoms with Crippen LogP contribution in [0.1, 0.15) is 83.1 Å². The van der Waals surface area contributed by atoms with Crippen molar-refractivity contribution in [2.24, 2.45) is 0 Å². The van der Waals surface area contributed by atoms with Crippen LogP contribution in [-0.2, 0) is 14.4 Å². The van der Waals surface area contributed by atoms with Crippen molar-refractivity contribution in [3.63, 3.8) is 0 Å². The minimum atomic E-state index is -1.57. The predicted octanol–water partition coefficient (Wildman–Crippen LogP) is 0.187. The van der Waals surface area contributed by atoms with E-state index in [9.17, 15) is 29.7 Å². The Bertz CT molecular complexity index is 496. The Morgan fingerprint density at radius 3 is 0.550 bits per heavy atom. The highest BCUT2D eigenvalue weighted by Gasteiger charge is 2.17. The van der Waals surface area contributed by atoms with Gasteiger partial charge in [0, 0.05) is 19.6 Å². The molecule has 0 radical (unpaired) electrons. The quantitative estimate of drug-likeness (QED) is 0.213. The minimum absolute atomic E-state index is 0.611. The lowest BCUT2D eigenvalue weighted by Crippen LogP contribution is -2.48. The summed E-state index contributed by atoms with van der Waals surface area (Å²) in [6, 6.07) is 0. The third-order valence-corrected chi connectivity index (χ3v) is 9.11. The smallest absolute Gasteiger partial charge is 0.0757 e. The maximum Gasteiger partial charge on any atom is 0.0757 e. The van der Waals surface area contributed by atoms with E-state index in [4.69, 9.17) is 0 Å². The Hall–Kier alpha value is -1.75. The van der Waals surface area contributed by atoms with Gasteiger partial charge in [-0.15, -0.1) is 0 Å². The summed E-state index contributed by atoms with van der Waals surface area (Å²) in [6.07, 6.45) is 0. The van der Waals surface area contributed by atoms with Crippen LogP contribution in [0.25, 0.3) is 0 Å². The first-order valence-electron chi connectivity index (χ1n) is 15.5. The molecule has 0 bridgehead atoms. The van der Waals surface area contributed by atoms with Crippen molar-refractivity contribution in [1.29, 1.82) is 0 Å². The molecule has 0 N–H and O–H groups in total. The molecule has 0 heterocycles. The van der Waals surface area contributed by atoms with Gasteiger partial charge < -0.3 is 43.2 Å². The lowest BCUT2D eigenvalue weighted by atomic mass is 10.3. The Morgan fingerprint density at radius 1 is 0.375 bits per heavy atom. The second-order valence-electron chi connectivity index (χ2n) is 10.1. The fraction of sp³-hybridized carbons (Fsp3) is 0.900. The van der Waals surface area contributed by atoms with Gasteiger partial charge in [-0.05, 0) is 83.1 Å². The zero-order valence-corrected chi connectivity index (χ0v) is 28.3. The molecule has 0 aromatic rings. The number of hydrogen-bond donors (Lipinski definition) is 0. The molecule has 0 saturated heterocycles. The molecule has 242 valence electrons. The fourth-order valence-electron chi connectivity index (χ4n) is 4.74. The van der Waals surface area contributed by atoms with Gasteiger partial charge in [-0.3, -0.25) is 4.90 Å². The second kappa shape index (κ2) is 26.2. The molecule has 0 aliphatic heterocycles. The maximum absolute atomic E-state index is 9.99. The van der Waals surface area contributed by atoms with Crippen molar-refractivity contribution in [3.05, 3.63) is 0 Å².